The highest BCUT2D eigenvalue weighted by Crippen LogP contribution is 2.34. The number of rotatable bonds is 3. The van der Waals surface area contributed by atoms with Gasteiger partial charge in [-0.25, -0.2) is 4.39 Å². The Hall–Kier alpha value is -1.50. The minimum atomic E-state index is -0.298. The number of ether oxygens (including phenoxy) is 1. The number of hydrogen-bond acceptors (Lipinski definition) is 4. The zero-order chi connectivity index (χ0) is 15.7. The summed E-state index contributed by atoms with van der Waals surface area (Å²) in [6, 6.07) is 5.22. The van der Waals surface area contributed by atoms with E-state index >= 15 is 0 Å². The maximum absolute atomic E-state index is 14.2. The summed E-state index contributed by atoms with van der Waals surface area (Å²) >= 11 is 1.35. The molecular formula is C16H19FN2O2S. The van der Waals surface area contributed by atoms with Crippen LogP contribution in [0, 0.1) is 5.82 Å². The third-order valence-corrected chi connectivity index (χ3v) is 5.09. The first-order chi connectivity index (χ1) is 10.6. The van der Waals surface area contributed by atoms with Crippen molar-refractivity contribution < 1.29 is 13.9 Å². The number of piperazine rings is 1. The molecule has 1 amide bonds. The van der Waals surface area contributed by atoms with E-state index in [1.54, 1.807) is 13.2 Å². The Labute approximate surface area is 132 Å². The number of methoxy groups -OCH3 is 1. The highest BCUT2D eigenvalue weighted by atomic mass is 32.1. The average Bonchev–Trinajstić information content (AvgIpc) is 2.87. The maximum atomic E-state index is 14.2. The van der Waals surface area contributed by atoms with E-state index < -0.39 is 0 Å². The summed E-state index contributed by atoms with van der Waals surface area (Å²) in [5.41, 5.74) is 0.664. The molecule has 22 heavy (non-hydrogen) atoms. The van der Waals surface area contributed by atoms with Crippen molar-refractivity contribution >= 4 is 27.3 Å². The Kier molecular flexibility index (Phi) is 4.42. The summed E-state index contributed by atoms with van der Waals surface area (Å²) in [7, 11) is 1.56. The van der Waals surface area contributed by atoms with Crippen LogP contribution in [0.3, 0.4) is 0 Å². The lowest BCUT2D eigenvalue weighted by molar-refractivity contribution is 0.0710. The van der Waals surface area contributed by atoms with Crippen molar-refractivity contribution in [3.8, 4) is 0 Å². The van der Waals surface area contributed by atoms with Crippen LogP contribution in [0.15, 0.2) is 18.2 Å². The molecule has 6 heteroatoms. The molecule has 1 fully saturated rings. The minimum absolute atomic E-state index is 0.0269. The fourth-order valence-corrected chi connectivity index (χ4v) is 4.07. The van der Waals surface area contributed by atoms with E-state index in [1.807, 2.05) is 11.0 Å². The molecular weight excluding hydrogens is 303 g/mol. The molecule has 1 atom stereocenters. The van der Waals surface area contributed by atoms with Gasteiger partial charge in [-0.2, -0.15) is 0 Å². The second kappa shape index (κ2) is 6.32. The number of nitrogens with zero attached hydrogens (tertiary/aromatic N) is 1. The van der Waals surface area contributed by atoms with Crippen molar-refractivity contribution in [1.82, 2.24) is 10.2 Å². The van der Waals surface area contributed by atoms with Crippen LogP contribution < -0.4 is 5.32 Å². The van der Waals surface area contributed by atoms with Crippen LogP contribution in [-0.4, -0.2) is 43.6 Å². The fourth-order valence-electron chi connectivity index (χ4n) is 2.88. The van der Waals surface area contributed by atoms with Gasteiger partial charge in [-0.05, 0) is 19.1 Å². The lowest BCUT2D eigenvalue weighted by Crippen LogP contribution is -2.51. The van der Waals surface area contributed by atoms with Crippen molar-refractivity contribution in [1.29, 1.82) is 0 Å². The first kappa shape index (κ1) is 15.4. The second-order valence-corrected chi connectivity index (χ2v) is 6.61. The number of carbonyl (C=O) groups excluding carboxylic acids is 1. The quantitative estimate of drug-likeness (QED) is 0.944. The first-order valence-corrected chi connectivity index (χ1v) is 8.15. The highest BCUT2D eigenvalue weighted by Gasteiger charge is 2.27. The molecule has 118 valence electrons. The SMILES string of the molecule is COCc1c(C(=O)N2CCNC(C)C2)sc2cccc(F)c12. The molecule has 1 aliphatic heterocycles. The monoisotopic (exact) mass is 322 g/mol. The van der Waals surface area contributed by atoms with Gasteiger partial charge >= 0.3 is 0 Å². The third-order valence-electron chi connectivity index (χ3n) is 3.90. The third kappa shape index (κ3) is 2.74. The Bertz CT molecular complexity index is 701. The van der Waals surface area contributed by atoms with Gasteiger partial charge in [0.05, 0.1) is 11.5 Å². The standard InChI is InChI=1S/C16H19FN2O2S/c1-10-8-19(7-6-18-10)16(20)15-11(9-21-2)14-12(17)4-3-5-13(14)22-15/h3-5,10,18H,6-9H2,1-2H3. The molecule has 1 aliphatic rings. The predicted octanol–water partition coefficient (Wildman–Crippen LogP) is 2.62. The molecule has 1 aromatic carbocycles. The van der Waals surface area contributed by atoms with Crippen molar-refractivity contribution in [3.05, 3.63) is 34.5 Å². The number of amides is 1. The zero-order valence-electron chi connectivity index (χ0n) is 12.7. The van der Waals surface area contributed by atoms with Crippen LogP contribution in [0.4, 0.5) is 4.39 Å². The van der Waals surface area contributed by atoms with Crippen LogP contribution in [-0.2, 0) is 11.3 Å². The number of carbonyl (C=O) groups is 1. The lowest BCUT2D eigenvalue weighted by Gasteiger charge is -2.31. The van der Waals surface area contributed by atoms with Gasteiger partial charge in [-0.1, -0.05) is 6.07 Å². The summed E-state index contributed by atoms with van der Waals surface area (Å²) in [5, 5.41) is 3.83. The van der Waals surface area contributed by atoms with Gasteiger partial charge < -0.3 is 15.0 Å². The van der Waals surface area contributed by atoms with E-state index in [0.717, 1.165) is 11.2 Å². The van der Waals surface area contributed by atoms with E-state index in [-0.39, 0.29) is 24.4 Å². The van der Waals surface area contributed by atoms with Crippen molar-refractivity contribution in [2.45, 2.75) is 19.6 Å². The van der Waals surface area contributed by atoms with Crippen LogP contribution in [0.25, 0.3) is 10.1 Å². The van der Waals surface area contributed by atoms with Crippen LogP contribution in [0.1, 0.15) is 22.2 Å². The van der Waals surface area contributed by atoms with E-state index in [1.165, 1.54) is 17.4 Å². The topological polar surface area (TPSA) is 41.6 Å². The molecule has 1 aromatic heterocycles. The molecule has 4 nitrogen and oxygen atoms in total. The van der Waals surface area contributed by atoms with Gasteiger partial charge in [0.25, 0.3) is 5.91 Å². The molecule has 3 rings (SSSR count). The molecule has 2 heterocycles. The highest BCUT2D eigenvalue weighted by molar-refractivity contribution is 7.21. The summed E-state index contributed by atoms with van der Waals surface area (Å²) in [6.07, 6.45) is 0. The Morgan fingerprint density at radius 3 is 3.09 bits per heavy atom. The number of nitrogens with one attached hydrogen (secondary N) is 1. The average molecular weight is 322 g/mol. The number of fused-ring (bicyclic) bond motifs is 1. The minimum Gasteiger partial charge on any atom is -0.380 e. The van der Waals surface area contributed by atoms with Crippen LogP contribution >= 0.6 is 11.3 Å². The lowest BCUT2D eigenvalue weighted by atomic mass is 10.1. The molecule has 0 aliphatic carbocycles. The Morgan fingerprint density at radius 2 is 2.36 bits per heavy atom. The van der Waals surface area contributed by atoms with Gasteiger partial charge in [-0.15, -0.1) is 11.3 Å². The number of hydrogen-bond donors (Lipinski definition) is 1. The summed E-state index contributed by atoms with van der Waals surface area (Å²) in [6.45, 7) is 4.42. The maximum Gasteiger partial charge on any atom is 0.264 e. The Morgan fingerprint density at radius 1 is 1.55 bits per heavy atom. The van der Waals surface area contributed by atoms with Gasteiger partial charge in [0.15, 0.2) is 0 Å². The number of benzene rings is 1. The summed E-state index contributed by atoms with van der Waals surface area (Å²) < 4.78 is 20.2. The second-order valence-electron chi connectivity index (χ2n) is 5.56. The fraction of sp³-hybridized carbons (Fsp3) is 0.438. The van der Waals surface area contributed by atoms with Crippen molar-refractivity contribution in [3.63, 3.8) is 0 Å². The molecule has 2 aromatic rings. The van der Waals surface area contributed by atoms with E-state index in [0.29, 0.717) is 28.9 Å². The van der Waals surface area contributed by atoms with Crippen molar-refractivity contribution in [2.24, 2.45) is 0 Å². The van der Waals surface area contributed by atoms with Gasteiger partial charge in [0.2, 0.25) is 0 Å². The van der Waals surface area contributed by atoms with E-state index in [4.69, 9.17) is 4.74 Å². The normalized spacial score (nSPS) is 18.9. The summed E-state index contributed by atoms with van der Waals surface area (Å²) in [5.74, 6) is -0.325. The van der Waals surface area contributed by atoms with E-state index in [9.17, 15) is 9.18 Å². The summed E-state index contributed by atoms with van der Waals surface area (Å²) in [4.78, 5) is 15.3. The molecule has 0 bridgehead atoms. The van der Waals surface area contributed by atoms with Crippen molar-refractivity contribution in [2.75, 3.05) is 26.7 Å². The molecule has 0 radical (unpaired) electrons. The van der Waals surface area contributed by atoms with Crippen LogP contribution in [0.2, 0.25) is 0 Å². The molecule has 1 unspecified atom stereocenters. The molecule has 1 N–H and O–H groups in total. The zero-order valence-corrected chi connectivity index (χ0v) is 13.5. The predicted molar refractivity (Wildman–Crippen MR) is 85.9 cm³/mol. The number of halogens is 1. The first-order valence-electron chi connectivity index (χ1n) is 7.33. The Balaban J connectivity index is 2.03. The molecule has 1 saturated heterocycles. The molecule has 0 saturated carbocycles. The van der Waals surface area contributed by atoms with Gasteiger partial charge in [-0.3, -0.25) is 4.79 Å². The largest absolute Gasteiger partial charge is 0.380 e. The van der Waals surface area contributed by atoms with E-state index in [2.05, 4.69) is 12.2 Å². The molecule has 0 spiro atoms. The van der Waals surface area contributed by atoms with Gasteiger partial charge in [0.1, 0.15) is 5.82 Å². The van der Waals surface area contributed by atoms with Gasteiger partial charge in [0, 0.05) is 48.4 Å². The smallest absolute Gasteiger partial charge is 0.264 e. The van der Waals surface area contributed by atoms with Crippen LogP contribution in [0.5, 0.6) is 0 Å². The number of thiophene rings is 1.